The highest BCUT2D eigenvalue weighted by molar-refractivity contribution is 9.10. The molecule has 0 atom stereocenters. The highest BCUT2D eigenvalue weighted by Crippen LogP contribution is 2.35. The fourth-order valence-corrected chi connectivity index (χ4v) is 2.88. The van der Waals surface area contributed by atoms with E-state index in [2.05, 4.69) is 20.7 Å². The van der Waals surface area contributed by atoms with Crippen LogP contribution in [0.4, 0.5) is 23.4 Å². The second kappa shape index (κ2) is 5.83. The molecule has 12 heteroatoms. The number of benzene rings is 1. The zero-order valence-corrected chi connectivity index (χ0v) is 13.9. The minimum Gasteiger partial charge on any atom is -0.400 e. The van der Waals surface area contributed by atoms with Crippen LogP contribution in [-0.2, 0) is 0 Å². The normalized spacial score (nSPS) is 13.6. The summed E-state index contributed by atoms with van der Waals surface area (Å²) in [5, 5.41) is 1.90. The molecule has 0 radical (unpaired) electrons. The summed E-state index contributed by atoms with van der Waals surface area (Å²) in [5.74, 6) is -5.21. The third-order valence-electron chi connectivity index (χ3n) is 3.40. The van der Waals surface area contributed by atoms with E-state index >= 15 is 0 Å². The summed E-state index contributed by atoms with van der Waals surface area (Å²) in [7, 11) is 0. The summed E-state index contributed by atoms with van der Waals surface area (Å²) in [6, 6.07) is 2.35. The van der Waals surface area contributed by atoms with Crippen molar-refractivity contribution in [2.24, 2.45) is 0 Å². The number of hydrogen-bond acceptors (Lipinski definition) is 5. The van der Waals surface area contributed by atoms with Crippen LogP contribution in [0.15, 0.2) is 27.5 Å². The Bertz CT molecular complexity index is 1030. The molecule has 1 aliphatic heterocycles. The Morgan fingerprint density at radius 3 is 2.38 bits per heavy atom. The number of rotatable bonds is 2. The van der Waals surface area contributed by atoms with Crippen LogP contribution in [0.1, 0.15) is 20.7 Å². The molecule has 0 unspecified atom stereocenters. The smallest absolute Gasteiger partial charge is 0.400 e. The first-order valence-electron chi connectivity index (χ1n) is 6.66. The van der Waals surface area contributed by atoms with Crippen molar-refractivity contribution in [2.45, 2.75) is 6.36 Å². The summed E-state index contributed by atoms with van der Waals surface area (Å²) in [5.41, 5.74) is 3.23. The zero-order valence-electron chi connectivity index (χ0n) is 12.3. The molecule has 1 aromatic heterocycles. The van der Waals surface area contributed by atoms with Crippen LogP contribution in [0.3, 0.4) is 0 Å². The van der Waals surface area contributed by atoms with Gasteiger partial charge in [-0.2, -0.15) is 0 Å². The van der Waals surface area contributed by atoms with Gasteiger partial charge < -0.3 is 10.5 Å². The lowest BCUT2D eigenvalue weighted by molar-refractivity contribution is -0.275. The number of pyridine rings is 1. The van der Waals surface area contributed by atoms with Gasteiger partial charge in [0, 0.05) is 10.5 Å². The summed E-state index contributed by atoms with van der Waals surface area (Å²) >= 11 is 2.89. The number of halogens is 5. The number of fused-ring (bicyclic) bond motifs is 1. The fraction of sp³-hybridized carbons (Fsp3) is 0.0714. The Morgan fingerprint density at radius 1 is 1.12 bits per heavy atom. The summed E-state index contributed by atoms with van der Waals surface area (Å²) in [4.78, 5) is 35.7. The van der Waals surface area contributed by atoms with Gasteiger partial charge in [0.1, 0.15) is 5.82 Å². The van der Waals surface area contributed by atoms with Crippen molar-refractivity contribution in [1.82, 2.24) is 9.88 Å². The van der Waals surface area contributed by atoms with Gasteiger partial charge in [-0.15, -0.1) is 13.2 Å². The third kappa shape index (κ3) is 2.92. The Labute approximate surface area is 149 Å². The van der Waals surface area contributed by atoms with Gasteiger partial charge in [-0.05, 0) is 12.1 Å². The number of ether oxygens (including phenoxy) is 1. The first-order valence-corrected chi connectivity index (χ1v) is 7.45. The van der Waals surface area contributed by atoms with E-state index in [-0.39, 0.29) is 10.0 Å². The monoisotopic (exact) mass is 435 g/mol. The predicted octanol–water partition coefficient (Wildman–Crippen LogP) is 2.10. The summed E-state index contributed by atoms with van der Waals surface area (Å²) in [6.07, 6.45) is -5.26. The lowest BCUT2D eigenvalue weighted by atomic mass is 10.1. The average molecular weight is 436 g/mol. The van der Waals surface area contributed by atoms with E-state index in [4.69, 9.17) is 5.73 Å². The lowest BCUT2D eigenvalue weighted by Gasteiger charge is -2.18. The van der Waals surface area contributed by atoms with E-state index in [0.717, 1.165) is 6.07 Å². The minimum absolute atomic E-state index is 0.0214. The Hall–Kier alpha value is -2.89. The van der Waals surface area contributed by atoms with Crippen molar-refractivity contribution < 1.29 is 31.9 Å². The van der Waals surface area contributed by atoms with Gasteiger partial charge in [0.25, 0.3) is 17.4 Å². The van der Waals surface area contributed by atoms with E-state index in [1.165, 1.54) is 0 Å². The van der Waals surface area contributed by atoms with Crippen LogP contribution in [0.5, 0.6) is 5.75 Å². The van der Waals surface area contributed by atoms with Crippen LogP contribution < -0.4 is 21.3 Å². The van der Waals surface area contributed by atoms with Gasteiger partial charge in [0.2, 0.25) is 0 Å². The number of nitrogen functional groups attached to an aromatic ring is 1. The van der Waals surface area contributed by atoms with Crippen LogP contribution in [-0.4, -0.2) is 22.7 Å². The molecule has 26 heavy (non-hydrogen) atoms. The highest BCUT2D eigenvalue weighted by atomic mass is 79.9. The summed E-state index contributed by atoms with van der Waals surface area (Å²) < 4.78 is 56.0. The van der Waals surface area contributed by atoms with E-state index in [0.29, 0.717) is 16.7 Å². The average Bonchev–Trinajstić information content (AvgIpc) is 2.76. The molecule has 0 spiro atoms. The number of nitrogens with two attached hydrogens (primary N) is 1. The molecule has 3 rings (SSSR count). The number of aromatic nitrogens is 1. The number of nitrogens with zero attached hydrogens (tertiary/aromatic N) is 1. The van der Waals surface area contributed by atoms with Gasteiger partial charge in [-0.1, -0.05) is 15.9 Å². The van der Waals surface area contributed by atoms with Gasteiger partial charge in [-0.3, -0.25) is 24.3 Å². The van der Waals surface area contributed by atoms with E-state index < -0.39 is 52.4 Å². The predicted molar refractivity (Wildman–Crippen MR) is 82.6 cm³/mol. The highest BCUT2D eigenvalue weighted by Gasteiger charge is 2.36. The molecule has 0 fully saturated rings. The molecule has 0 bridgehead atoms. The number of carbonyl (C=O) groups is 2. The van der Waals surface area contributed by atoms with E-state index in [1.807, 2.05) is 5.32 Å². The number of hydrogen-bond donors (Lipinski definition) is 2. The topological polar surface area (TPSA) is 103 Å². The molecule has 136 valence electrons. The Morgan fingerprint density at radius 2 is 1.77 bits per heavy atom. The van der Waals surface area contributed by atoms with Crippen molar-refractivity contribution in [2.75, 3.05) is 5.73 Å². The molecular weight excluding hydrogens is 430 g/mol. The van der Waals surface area contributed by atoms with Crippen molar-refractivity contribution in [3.05, 3.63) is 50.0 Å². The Kier molecular flexibility index (Phi) is 4.02. The molecule has 0 aliphatic carbocycles. The lowest BCUT2D eigenvalue weighted by Crippen LogP contribution is -2.26. The molecule has 1 aliphatic rings. The number of anilines is 1. The molecule has 0 saturated heterocycles. The van der Waals surface area contributed by atoms with Crippen molar-refractivity contribution in [3.8, 4) is 11.4 Å². The van der Waals surface area contributed by atoms with Gasteiger partial charge in [-0.25, -0.2) is 4.39 Å². The second-order valence-electron chi connectivity index (χ2n) is 5.06. The van der Waals surface area contributed by atoms with Gasteiger partial charge >= 0.3 is 6.36 Å². The maximum Gasteiger partial charge on any atom is 0.573 e. The number of amides is 2. The first-order chi connectivity index (χ1) is 12.0. The second-order valence-corrected chi connectivity index (χ2v) is 5.97. The molecule has 3 N–H and O–H groups in total. The Balaban J connectivity index is 2.36. The number of nitrogens with one attached hydrogen (secondary N) is 1. The molecular formula is C14H6BrF4N3O4. The SMILES string of the molecule is Nc1c2c(cc(=O)n1-c1cc(Br)cc(F)c1OC(F)(F)F)C(=O)NC2=O. The van der Waals surface area contributed by atoms with Gasteiger partial charge in [0.05, 0.1) is 16.8 Å². The largest absolute Gasteiger partial charge is 0.573 e. The number of alkyl halides is 3. The first kappa shape index (κ1) is 17.9. The van der Waals surface area contributed by atoms with Crippen molar-refractivity contribution >= 4 is 33.6 Å². The zero-order chi connectivity index (χ0) is 19.4. The van der Waals surface area contributed by atoms with E-state index in [9.17, 15) is 31.9 Å². The van der Waals surface area contributed by atoms with Crippen LogP contribution in [0, 0.1) is 5.82 Å². The van der Waals surface area contributed by atoms with Crippen LogP contribution in [0.2, 0.25) is 0 Å². The standard InChI is InChI=1S/C14H6BrF4N3O4/c15-4-1-6(16)10(26-14(17,18)19)7(2-4)22-8(23)3-5-9(11(22)20)13(25)21-12(5)24/h1-3H,20H2,(H,21,24,25). The van der Waals surface area contributed by atoms with Crippen LogP contribution >= 0.6 is 15.9 Å². The summed E-state index contributed by atoms with van der Waals surface area (Å²) in [6.45, 7) is 0. The maximum atomic E-state index is 14.1. The third-order valence-corrected chi connectivity index (χ3v) is 3.86. The van der Waals surface area contributed by atoms with Gasteiger partial charge in [0.15, 0.2) is 11.6 Å². The van der Waals surface area contributed by atoms with Crippen LogP contribution in [0.25, 0.3) is 5.69 Å². The molecule has 2 heterocycles. The quantitative estimate of drug-likeness (QED) is 0.555. The van der Waals surface area contributed by atoms with Crippen molar-refractivity contribution in [1.29, 1.82) is 0 Å². The molecule has 1 aromatic carbocycles. The van der Waals surface area contributed by atoms with E-state index in [1.54, 1.807) is 0 Å². The number of carbonyl (C=O) groups excluding carboxylic acids is 2. The molecule has 2 amide bonds. The molecule has 2 aromatic rings. The molecule has 0 saturated carbocycles. The maximum absolute atomic E-state index is 14.1. The number of imide groups is 1. The van der Waals surface area contributed by atoms with Crippen molar-refractivity contribution in [3.63, 3.8) is 0 Å². The fourth-order valence-electron chi connectivity index (χ4n) is 2.46. The minimum atomic E-state index is -5.26. The molecule has 7 nitrogen and oxygen atoms in total.